The Morgan fingerprint density at radius 3 is 2.86 bits per heavy atom. The van der Waals surface area contributed by atoms with E-state index in [1.54, 1.807) is 10.8 Å². The van der Waals surface area contributed by atoms with Gasteiger partial charge in [-0.3, -0.25) is 9.69 Å². The van der Waals surface area contributed by atoms with Crippen LogP contribution in [-0.2, 0) is 17.8 Å². The number of likely N-dealkylation sites (tertiary alicyclic amines) is 1. The van der Waals surface area contributed by atoms with Crippen LogP contribution in [-0.4, -0.2) is 43.7 Å². The molecule has 1 aromatic carbocycles. The van der Waals surface area contributed by atoms with E-state index in [4.69, 9.17) is 0 Å². The number of carbonyl (C=O) groups excluding carboxylic acids is 1. The fourth-order valence-electron chi connectivity index (χ4n) is 3.95. The molecule has 1 N–H and O–H groups in total. The largest absolute Gasteiger partial charge is 0.326 e. The molecule has 4 rings (SSSR count). The Hall–Kier alpha value is -2.80. The summed E-state index contributed by atoms with van der Waals surface area (Å²) < 4.78 is 1.68. The highest BCUT2D eigenvalue weighted by Gasteiger charge is 2.14. The maximum absolute atomic E-state index is 12.5. The number of hydrogen-bond acceptors (Lipinski definition) is 5. The highest BCUT2D eigenvalue weighted by Crippen LogP contribution is 2.19. The summed E-state index contributed by atoms with van der Waals surface area (Å²) in [6.07, 6.45) is 5.20. The van der Waals surface area contributed by atoms with Crippen LogP contribution >= 0.6 is 0 Å². The molecule has 146 valence electrons. The summed E-state index contributed by atoms with van der Waals surface area (Å²) in [5, 5.41) is 15.5. The fraction of sp³-hybridized carbons (Fsp3) is 0.429. The Kier molecular flexibility index (Phi) is 5.34. The molecule has 0 saturated carbocycles. The third-order valence-corrected chi connectivity index (χ3v) is 5.43. The molecule has 0 radical (unpaired) electrons. The summed E-state index contributed by atoms with van der Waals surface area (Å²) in [6.45, 7) is 7.25. The monoisotopic (exact) mass is 378 g/mol. The summed E-state index contributed by atoms with van der Waals surface area (Å²) in [7, 11) is 0. The normalized spacial score (nSPS) is 14.6. The highest BCUT2D eigenvalue weighted by atomic mass is 16.1. The third-order valence-electron chi connectivity index (χ3n) is 5.43. The summed E-state index contributed by atoms with van der Waals surface area (Å²) in [5.41, 5.74) is 5.86. The SMILES string of the molecule is Cc1nn2cnnc2c(C)c1CCC(=O)Nc1cccc(CN2CCCC2)c1. The van der Waals surface area contributed by atoms with E-state index in [0.29, 0.717) is 12.8 Å². The predicted octanol–water partition coefficient (Wildman–Crippen LogP) is 2.91. The second kappa shape index (κ2) is 8.06. The number of fused-ring (bicyclic) bond motifs is 1. The van der Waals surface area contributed by atoms with E-state index in [-0.39, 0.29) is 5.91 Å². The molecule has 1 saturated heterocycles. The quantitative estimate of drug-likeness (QED) is 0.714. The number of rotatable bonds is 6. The van der Waals surface area contributed by atoms with Gasteiger partial charge in [0.2, 0.25) is 5.91 Å². The van der Waals surface area contributed by atoms with Crippen LogP contribution in [0.2, 0.25) is 0 Å². The number of hydrogen-bond donors (Lipinski definition) is 1. The maximum atomic E-state index is 12.5. The number of amides is 1. The lowest BCUT2D eigenvalue weighted by Crippen LogP contribution is -2.18. The van der Waals surface area contributed by atoms with Crippen LogP contribution in [0.15, 0.2) is 30.6 Å². The molecule has 1 fully saturated rings. The van der Waals surface area contributed by atoms with Gasteiger partial charge in [0.05, 0.1) is 5.69 Å². The molecule has 0 aliphatic carbocycles. The molecular weight excluding hydrogens is 352 g/mol. The van der Waals surface area contributed by atoms with Crippen molar-refractivity contribution in [3.05, 3.63) is 53.0 Å². The van der Waals surface area contributed by atoms with Crippen LogP contribution in [0.1, 0.15) is 41.6 Å². The first-order chi connectivity index (χ1) is 13.6. The molecule has 1 aliphatic rings. The van der Waals surface area contributed by atoms with Gasteiger partial charge in [0.25, 0.3) is 0 Å². The van der Waals surface area contributed by atoms with Gasteiger partial charge in [-0.1, -0.05) is 12.1 Å². The second-order valence-electron chi connectivity index (χ2n) is 7.52. The minimum absolute atomic E-state index is 0.0125. The van der Waals surface area contributed by atoms with Crippen molar-refractivity contribution in [3.8, 4) is 0 Å². The molecule has 1 aliphatic heterocycles. The summed E-state index contributed by atoms with van der Waals surface area (Å²) in [5.74, 6) is 0.0125. The van der Waals surface area contributed by atoms with Gasteiger partial charge in [-0.25, -0.2) is 4.52 Å². The zero-order valence-corrected chi connectivity index (χ0v) is 16.5. The van der Waals surface area contributed by atoms with Crippen molar-refractivity contribution in [2.45, 2.75) is 46.1 Å². The molecule has 7 heteroatoms. The van der Waals surface area contributed by atoms with Crippen molar-refractivity contribution in [3.63, 3.8) is 0 Å². The Morgan fingerprint density at radius 2 is 2.04 bits per heavy atom. The number of nitrogens with one attached hydrogen (secondary N) is 1. The molecule has 2 aromatic heterocycles. The molecule has 0 unspecified atom stereocenters. The van der Waals surface area contributed by atoms with Crippen molar-refractivity contribution in [2.24, 2.45) is 0 Å². The number of benzene rings is 1. The average molecular weight is 378 g/mol. The fourth-order valence-corrected chi connectivity index (χ4v) is 3.95. The van der Waals surface area contributed by atoms with Crippen molar-refractivity contribution < 1.29 is 4.79 Å². The molecule has 1 amide bonds. The third kappa shape index (κ3) is 4.04. The van der Waals surface area contributed by atoms with Crippen LogP contribution in [0.5, 0.6) is 0 Å². The summed E-state index contributed by atoms with van der Waals surface area (Å²) in [6, 6.07) is 8.17. The van der Waals surface area contributed by atoms with Gasteiger partial charge in [0.1, 0.15) is 6.33 Å². The lowest BCUT2D eigenvalue weighted by atomic mass is 10.0. The van der Waals surface area contributed by atoms with E-state index in [2.05, 4.69) is 37.6 Å². The molecular formula is C21H26N6O. The maximum Gasteiger partial charge on any atom is 0.224 e. The lowest BCUT2D eigenvalue weighted by Gasteiger charge is -2.15. The number of carbonyl (C=O) groups is 1. The van der Waals surface area contributed by atoms with Crippen LogP contribution < -0.4 is 5.32 Å². The van der Waals surface area contributed by atoms with E-state index >= 15 is 0 Å². The number of nitrogens with zero attached hydrogens (tertiary/aromatic N) is 5. The number of aryl methyl sites for hydroxylation is 2. The standard InChI is InChI=1S/C21H26N6O/c1-15-19(16(2)25-27-14-22-24-21(15)27)8-9-20(28)23-18-7-5-6-17(12-18)13-26-10-3-4-11-26/h5-7,12,14H,3-4,8-11,13H2,1-2H3,(H,23,28). The Bertz CT molecular complexity index is 990. The zero-order chi connectivity index (χ0) is 19.5. The first kappa shape index (κ1) is 18.6. The van der Waals surface area contributed by atoms with E-state index in [9.17, 15) is 4.79 Å². The lowest BCUT2D eigenvalue weighted by molar-refractivity contribution is -0.116. The summed E-state index contributed by atoms with van der Waals surface area (Å²) >= 11 is 0. The number of aromatic nitrogens is 4. The summed E-state index contributed by atoms with van der Waals surface area (Å²) in [4.78, 5) is 15.0. The molecule has 0 atom stereocenters. The smallest absolute Gasteiger partial charge is 0.224 e. The Morgan fingerprint density at radius 1 is 1.21 bits per heavy atom. The zero-order valence-electron chi connectivity index (χ0n) is 16.5. The topological polar surface area (TPSA) is 75.4 Å². The van der Waals surface area contributed by atoms with Gasteiger partial charge < -0.3 is 5.32 Å². The van der Waals surface area contributed by atoms with E-state index in [0.717, 1.165) is 34.7 Å². The molecule has 0 spiro atoms. The average Bonchev–Trinajstić information content (AvgIpc) is 3.33. The van der Waals surface area contributed by atoms with Gasteiger partial charge in [0.15, 0.2) is 5.65 Å². The number of anilines is 1. The van der Waals surface area contributed by atoms with Crippen molar-refractivity contribution in [1.82, 2.24) is 24.7 Å². The Balaban J connectivity index is 1.38. The molecule has 0 bridgehead atoms. The molecule has 28 heavy (non-hydrogen) atoms. The predicted molar refractivity (Wildman–Crippen MR) is 108 cm³/mol. The van der Waals surface area contributed by atoms with Crippen molar-refractivity contribution >= 4 is 17.2 Å². The van der Waals surface area contributed by atoms with Gasteiger partial charge in [-0.15, -0.1) is 10.2 Å². The van der Waals surface area contributed by atoms with Gasteiger partial charge in [-0.05, 0) is 69.5 Å². The molecule has 3 aromatic rings. The van der Waals surface area contributed by atoms with Gasteiger partial charge in [-0.2, -0.15) is 5.10 Å². The van der Waals surface area contributed by atoms with Gasteiger partial charge >= 0.3 is 0 Å². The van der Waals surface area contributed by atoms with Gasteiger partial charge in [0, 0.05) is 24.2 Å². The Labute approximate surface area is 164 Å². The highest BCUT2D eigenvalue weighted by molar-refractivity contribution is 5.91. The van der Waals surface area contributed by atoms with Crippen LogP contribution in [0.3, 0.4) is 0 Å². The van der Waals surface area contributed by atoms with E-state index < -0.39 is 0 Å². The van der Waals surface area contributed by atoms with Crippen molar-refractivity contribution in [2.75, 3.05) is 18.4 Å². The van der Waals surface area contributed by atoms with Crippen LogP contribution in [0.4, 0.5) is 5.69 Å². The first-order valence-corrected chi connectivity index (χ1v) is 9.87. The minimum Gasteiger partial charge on any atom is -0.326 e. The van der Waals surface area contributed by atoms with Crippen molar-refractivity contribution in [1.29, 1.82) is 0 Å². The van der Waals surface area contributed by atoms with Crippen LogP contribution in [0, 0.1) is 13.8 Å². The van der Waals surface area contributed by atoms with Crippen LogP contribution in [0.25, 0.3) is 5.65 Å². The molecule has 7 nitrogen and oxygen atoms in total. The second-order valence-corrected chi connectivity index (χ2v) is 7.52. The van der Waals surface area contributed by atoms with E-state index in [1.165, 1.54) is 31.5 Å². The molecule has 3 heterocycles. The van der Waals surface area contributed by atoms with E-state index in [1.807, 2.05) is 26.0 Å². The minimum atomic E-state index is 0.0125. The first-order valence-electron chi connectivity index (χ1n) is 9.87.